The van der Waals surface area contributed by atoms with Gasteiger partial charge in [-0.05, 0) is 24.1 Å². The van der Waals surface area contributed by atoms with Crippen molar-refractivity contribution < 1.29 is 9.50 Å². The molecular weight excluding hydrogens is 169 g/mol. The molecule has 0 amide bonds. The highest BCUT2D eigenvalue weighted by Gasteiger charge is 2.07. The monoisotopic (exact) mass is 183 g/mol. The molecule has 1 aromatic rings. The van der Waals surface area contributed by atoms with Gasteiger partial charge in [0.2, 0.25) is 0 Å². The van der Waals surface area contributed by atoms with Crippen LogP contribution >= 0.6 is 0 Å². The molecule has 0 aliphatic carbocycles. The van der Waals surface area contributed by atoms with E-state index in [1.54, 1.807) is 6.07 Å². The average Bonchev–Trinajstić information content (AvgIpc) is 2.10. The topological polar surface area (TPSA) is 46.2 Å². The minimum Gasteiger partial charge on any atom is -0.505 e. The van der Waals surface area contributed by atoms with Crippen LogP contribution in [0.5, 0.6) is 5.75 Å². The molecule has 0 saturated heterocycles. The fourth-order valence-corrected chi connectivity index (χ4v) is 1.23. The van der Waals surface area contributed by atoms with Crippen LogP contribution in [0.15, 0.2) is 18.2 Å². The Morgan fingerprint density at radius 1 is 1.54 bits per heavy atom. The fourth-order valence-electron chi connectivity index (χ4n) is 1.23. The van der Waals surface area contributed by atoms with E-state index in [1.807, 2.05) is 6.92 Å². The summed E-state index contributed by atoms with van der Waals surface area (Å²) < 4.78 is 12.9. The summed E-state index contributed by atoms with van der Waals surface area (Å²) in [5.74, 6) is -0.934. The highest BCUT2D eigenvalue weighted by atomic mass is 19.1. The molecule has 1 atom stereocenters. The third kappa shape index (κ3) is 2.42. The van der Waals surface area contributed by atoms with Crippen molar-refractivity contribution in [1.82, 2.24) is 0 Å². The summed E-state index contributed by atoms with van der Waals surface area (Å²) >= 11 is 0. The van der Waals surface area contributed by atoms with E-state index in [0.29, 0.717) is 0 Å². The minimum absolute atomic E-state index is 0.139. The maximum absolute atomic E-state index is 12.9. The molecule has 0 aliphatic heterocycles. The van der Waals surface area contributed by atoms with Gasteiger partial charge in [-0.15, -0.1) is 0 Å². The van der Waals surface area contributed by atoms with Crippen LogP contribution in [-0.4, -0.2) is 5.11 Å². The van der Waals surface area contributed by atoms with Gasteiger partial charge in [0.1, 0.15) is 0 Å². The van der Waals surface area contributed by atoms with Gasteiger partial charge in [0.25, 0.3) is 0 Å². The number of rotatable bonds is 3. The fraction of sp³-hybridized carbons (Fsp3) is 0.400. The van der Waals surface area contributed by atoms with Gasteiger partial charge in [-0.25, -0.2) is 4.39 Å². The van der Waals surface area contributed by atoms with E-state index in [-0.39, 0.29) is 11.8 Å². The number of aromatic hydroxyl groups is 1. The van der Waals surface area contributed by atoms with Crippen molar-refractivity contribution in [2.45, 2.75) is 25.8 Å². The van der Waals surface area contributed by atoms with Crippen molar-refractivity contribution in [3.05, 3.63) is 29.6 Å². The van der Waals surface area contributed by atoms with Gasteiger partial charge < -0.3 is 10.8 Å². The smallest absolute Gasteiger partial charge is 0.165 e. The molecule has 0 unspecified atom stereocenters. The van der Waals surface area contributed by atoms with Gasteiger partial charge in [0.05, 0.1) is 0 Å². The molecule has 1 rings (SSSR count). The first-order valence-electron chi connectivity index (χ1n) is 4.39. The van der Waals surface area contributed by atoms with Crippen molar-refractivity contribution in [2.75, 3.05) is 0 Å². The Morgan fingerprint density at radius 3 is 2.77 bits per heavy atom. The summed E-state index contributed by atoms with van der Waals surface area (Å²) in [6.45, 7) is 2.02. The highest BCUT2D eigenvalue weighted by molar-refractivity contribution is 5.29. The second kappa shape index (κ2) is 4.23. The number of hydrogen-bond donors (Lipinski definition) is 2. The summed E-state index contributed by atoms with van der Waals surface area (Å²) in [5.41, 5.74) is 6.51. The van der Waals surface area contributed by atoms with Gasteiger partial charge in [0.15, 0.2) is 11.6 Å². The van der Waals surface area contributed by atoms with Crippen molar-refractivity contribution in [2.24, 2.45) is 5.73 Å². The Balaban J connectivity index is 2.84. The summed E-state index contributed by atoms with van der Waals surface area (Å²) in [7, 11) is 0. The molecule has 0 radical (unpaired) electrons. The first kappa shape index (κ1) is 9.99. The van der Waals surface area contributed by atoms with E-state index in [2.05, 4.69) is 0 Å². The number of nitrogens with two attached hydrogens (primary N) is 1. The molecule has 3 heteroatoms. The summed E-state index contributed by atoms with van der Waals surface area (Å²) in [6, 6.07) is 4.13. The number of halogens is 1. The normalized spacial score (nSPS) is 12.8. The van der Waals surface area contributed by atoms with Crippen LogP contribution in [0.2, 0.25) is 0 Å². The summed E-state index contributed by atoms with van der Waals surface area (Å²) in [6.07, 6.45) is 1.79. The largest absolute Gasteiger partial charge is 0.505 e. The van der Waals surface area contributed by atoms with E-state index in [9.17, 15) is 4.39 Å². The predicted molar refractivity (Wildman–Crippen MR) is 49.9 cm³/mol. The minimum atomic E-state index is -0.607. The SMILES string of the molecule is CCC[C@@H](N)c1ccc(O)c(F)c1. The molecule has 13 heavy (non-hydrogen) atoms. The van der Waals surface area contributed by atoms with E-state index in [4.69, 9.17) is 10.8 Å². The van der Waals surface area contributed by atoms with Gasteiger partial charge in [-0.1, -0.05) is 19.4 Å². The molecule has 1 aromatic carbocycles. The van der Waals surface area contributed by atoms with Crippen LogP contribution in [0.3, 0.4) is 0 Å². The zero-order chi connectivity index (χ0) is 9.84. The van der Waals surface area contributed by atoms with Crippen LogP contribution in [0.25, 0.3) is 0 Å². The highest BCUT2D eigenvalue weighted by Crippen LogP contribution is 2.21. The lowest BCUT2D eigenvalue weighted by atomic mass is 10.0. The quantitative estimate of drug-likeness (QED) is 0.755. The van der Waals surface area contributed by atoms with Crippen LogP contribution in [0.4, 0.5) is 4.39 Å². The van der Waals surface area contributed by atoms with Gasteiger partial charge in [0, 0.05) is 6.04 Å². The van der Waals surface area contributed by atoms with Gasteiger partial charge in [-0.2, -0.15) is 0 Å². The molecule has 2 nitrogen and oxygen atoms in total. The van der Waals surface area contributed by atoms with Crippen LogP contribution in [0, 0.1) is 5.82 Å². The van der Waals surface area contributed by atoms with Crippen LogP contribution < -0.4 is 5.73 Å². The maximum atomic E-state index is 12.9. The first-order valence-corrected chi connectivity index (χ1v) is 4.39. The lowest BCUT2D eigenvalue weighted by Crippen LogP contribution is -2.09. The van der Waals surface area contributed by atoms with Crippen molar-refractivity contribution >= 4 is 0 Å². The Morgan fingerprint density at radius 2 is 2.23 bits per heavy atom. The molecule has 0 aliphatic rings. The molecule has 0 spiro atoms. The van der Waals surface area contributed by atoms with E-state index < -0.39 is 5.82 Å². The van der Waals surface area contributed by atoms with E-state index in [0.717, 1.165) is 18.4 Å². The molecule has 3 N–H and O–H groups in total. The zero-order valence-corrected chi connectivity index (χ0v) is 7.63. The molecule has 0 bridgehead atoms. The molecule has 0 fully saturated rings. The maximum Gasteiger partial charge on any atom is 0.165 e. The Bertz CT molecular complexity index is 288. The van der Waals surface area contributed by atoms with E-state index in [1.165, 1.54) is 12.1 Å². The second-order valence-electron chi connectivity index (χ2n) is 3.11. The first-order chi connectivity index (χ1) is 6.15. The number of hydrogen-bond acceptors (Lipinski definition) is 2. The predicted octanol–water partition coefficient (Wildman–Crippen LogP) is 2.33. The Labute approximate surface area is 77.2 Å². The second-order valence-corrected chi connectivity index (χ2v) is 3.11. The third-order valence-electron chi connectivity index (χ3n) is 2.00. The molecule has 0 aromatic heterocycles. The average molecular weight is 183 g/mol. The van der Waals surface area contributed by atoms with Crippen molar-refractivity contribution in [1.29, 1.82) is 0 Å². The Kier molecular flexibility index (Phi) is 3.25. The number of benzene rings is 1. The molecular formula is C10H14FNO. The van der Waals surface area contributed by atoms with Crippen molar-refractivity contribution in [3.63, 3.8) is 0 Å². The standard InChI is InChI=1S/C10H14FNO/c1-2-3-9(12)7-4-5-10(13)8(11)6-7/h4-6,9,13H,2-3,12H2,1H3/t9-/m1/s1. The summed E-state index contributed by atoms with van der Waals surface area (Å²) in [4.78, 5) is 0. The lowest BCUT2D eigenvalue weighted by molar-refractivity contribution is 0.431. The van der Waals surface area contributed by atoms with Gasteiger partial charge >= 0.3 is 0 Å². The molecule has 72 valence electrons. The Hall–Kier alpha value is -1.09. The molecule has 0 heterocycles. The van der Waals surface area contributed by atoms with E-state index >= 15 is 0 Å². The molecule has 0 saturated carbocycles. The number of phenolic OH excluding ortho intramolecular Hbond substituents is 1. The van der Waals surface area contributed by atoms with Crippen LogP contribution in [0.1, 0.15) is 31.4 Å². The van der Waals surface area contributed by atoms with Crippen molar-refractivity contribution in [3.8, 4) is 5.75 Å². The lowest BCUT2D eigenvalue weighted by Gasteiger charge is -2.10. The summed E-state index contributed by atoms with van der Waals surface area (Å²) in [5, 5.41) is 8.94. The zero-order valence-electron chi connectivity index (χ0n) is 7.63. The number of phenols is 1. The van der Waals surface area contributed by atoms with Crippen LogP contribution in [-0.2, 0) is 0 Å². The van der Waals surface area contributed by atoms with Gasteiger partial charge in [-0.3, -0.25) is 0 Å². The third-order valence-corrected chi connectivity index (χ3v) is 2.00.